The van der Waals surface area contributed by atoms with Gasteiger partial charge in [-0.3, -0.25) is 0 Å². The molecule has 108 valence electrons. The van der Waals surface area contributed by atoms with Gasteiger partial charge in [-0.15, -0.1) is 0 Å². The first kappa shape index (κ1) is 16.1. The summed E-state index contributed by atoms with van der Waals surface area (Å²) in [5, 5.41) is 3.41. The second-order valence-corrected chi connectivity index (χ2v) is 7.99. The Labute approximate surface area is 121 Å². The van der Waals surface area contributed by atoms with Crippen molar-refractivity contribution in [2.24, 2.45) is 0 Å². The lowest BCUT2D eigenvalue weighted by Gasteiger charge is -2.24. The van der Waals surface area contributed by atoms with Gasteiger partial charge in [0.05, 0.1) is 0 Å². The van der Waals surface area contributed by atoms with Crippen LogP contribution in [0.1, 0.15) is 46.0 Å². The minimum absolute atomic E-state index is 0.104. The number of thioether (sulfide) groups is 1. The van der Waals surface area contributed by atoms with Gasteiger partial charge in [0.2, 0.25) is 0 Å². The van der Waals surface area contributed by atoms with Crippen molar-refractivity contribution in [2.75, 3.05) is 23.9 Å². The van der Waals surface area contributed by atoms with Crippen molar-refractivity contribution in [3.63, 3.8) is 0 Å². The van der Waals surface area contributed by atoms with E-state index in [1.165, 1.54) is 0 Å². The summed E-state index contributed by atoms with van der Waals surface area (Å²) in [5.74, 6) is 2.18. The SMILES string of the molecule is CSC(C)(C)CNc1nc(C(C)(C)C)nc(N)c1C. The molecular weight excluding hydrogens is 256 g/mol. The van der Waals surface area contributed by atoms with E-state index in [0.29, 0.717) is 5.82 Å². The standard InChI is InChI=1S/C14H26N4S/c1-9-10(15)17-12(13(2,3)4)18-11(9)16-8-14(5,6)19-7/h8H2,1-7H3,(H3,15,16,17,18). The average Bonchev–Trinajstić information content (AvgIpc) is 2.29. The topological polar surface area (TPSA) is 63.8 Å². The third-order valence-electron chi connectivity index (χ3n) is 3.09. The zero-order valence-electron chi connectivity index (χ0n) is 13.1. The van der Waals surface area contributed by atoms with Crippen LogP contribution in [0.5, 0.6) is 0 Å². The predicted molar refractivity (Wildman–Crippen MR) is 86.0 cm³/mol. The number of hydrogen-bond donors (Lipinski definition) is 2. The molecule has 0 saturated heterocycles. The summed E-state index contributed by atoms with van der Waals surface area (Å²) < 4.78 is 0.161. The lowest BCUT2D eigenvalue weighted by Crippen LogP contribution is -2.27. The van der Waals surface area contributed by atoms with E-state index < -0.39 is 0 Å². The fourth-order valence-electron chi connectivity index (χ4n) is 1.41. The first-order chi connectivity index (χ1) is 8.57. The molecule has 0 amide bonds. The van der Waals surface area contributed by atoms with Crippen molar-refractivity contribution in [1.29, 1.82) is 0 Å². The molecule has 1 aromatic heterocycles. The van der Waals surface area contributed by atoms with Crippen LogP contribution in [-0.2, 0) is 5.41 Å². The smallest absolute Gasteiger partial charge is 0.138 e. The molecule has 0 aliphatic rings. The van der Waals surface area contributed by atoms with Crippen LogP contribution < -0.4 is 11.1 Å². The zero-order chi connectivity index (χ0) is 14.8. The van der Waals surface area contributed by atoms with Crippen molar-refractivity contribution >= 4 is 23.4 Å². The number of nitrogens with two attached hydrogens (primary N) is 1. The number of aromatic nitrogens is 2. The maximum Gasteiger partial charge on any atom is 0.138 e. The maximum absolute atomic E-state index is 5.99. The highest BCUT2D eigenvalue weighted by molar-refractivity contribution is 7.99. The van der Waals surface area contributed by atoms with Gasteiger partial charge in [-0.25, -0.2) is 9.97 Å². The van der Waals surface area contributed by atoms with E-state index in [4.69, 9.17) is 5.73 Å². The summed E-state index contributed by atoms with van der Waals surface area (Å²) in [5.41, 5.74) is 6.81. The molecule has 0 spiro atoms. The maximum atomic E-state index is 5.99. The number of nitrogens with one attached hydrogen (secondary N) is 1. The summed E-state index contributed by atoms with van der Waals surface area (Å²) in [4.78, 5) is 9.02. The van der Waals surface area contributed by atoms with Gasteiger partial charge in [-0.2, -0.15) is 11.8 Å². The van der Waals surface area contributed by atoms with Gasteiger partial charge in [-0.1, -0.05) is 20.8 Å². The summed E-state index contributed by atoms with van der Waals surface area (Å²) >= 11 is 1.83. The molecule has 1 rings (SSSR count). The highest BCUT2D eigenvalue weighted by Gasteiger charge is 2.22. The summed E-state index contributed by atoms with van der Waals surface area (Å²) in [7, 11) is 0. The second kappa shape index (κ2) is 5.57. The van der Waals surface area contributed by atoms with Gasteiger partial charge in [0.25, 0.3) is 0 Å². The van der Waals surface area contributed by atoms with E-state index in [1.54, 1.807) is 0 Å². The number of hydrogen-bond acceptors (Lipinski definition) is 5. The largest absolute Gasteiger partial charge is 0.383 e. The monoisotopic (exact) mass is 282 g/mol. The van der Waals surface area contributed by atoms with Gasteiger partial charge >= 0.3 is 0 Å². The number of nitrogen functional groups attached to an aromatic ring is 1. The normalized spacial score (nSPS) is 12.6. The molecule has 0 fully saturated rings. The fourth-order valence-corrected chi connectivity index (χ4v) is 1.63. The molecule has 3 N–H and O–H groups in total. The second-order valence-electron chi connectivity index (χ2n) is 6.47. The van der Waals surface area contributed by atoms with E-state index in [2.05, 4.69) is 56.2 Å². The molecule has 0 unspecified atom stereocenters. The summed E-state index contributed by atoms with van der Waals surface area (Å²) in [6, 6.07) is 0. The van der Waals surface area contributed by atoms with Crippen LogP contribution in [0.2, 0.25) is 0 Å². The van der Waals surface area contributed by atoms with Crippen molar-refractivity contribution in [3.8, 4) is 0 Å². The molecule has 0 saturated carbocycles. The van der Waals surface area contributed by atoms with Crippen LogP contribution in [0, 0.1) is 6.92 Å². The number of nitrogens with zero attached hydrogens (tertiary/aromatic N) is 2. The van der Waals surface area contributed by atoms with Crippen LogP contribution in [0.3, 0.4) is 0 Å². The number of anilines is 2. The lowest BCUT2D eigenvalue weighted by molar-refractivity contribution is 0.546. The Bertz CT molecular complexity index is 449. The average molecular weight is 282 g/mol. The molecular formula is C14H26N4S. The Morgan fingerprint density at radius 1 is 1.16 bits per heavy atom. The molecule has 0 atom stereocenters. The lowest BCUT2D eigenvalue weighted by atomic mass is 9.95. The Hall–Kier alpha value is -0.970. The first-order valence-electron chi connectivity index (χ1n) is 6.50. The molecule has 0 aliphatic heterocycles. The molecule has 0 aliphatic carbocycles. The third-order valence-corrected chi connectivity index (χ3v) is 4.34. The number of rotatable bonds is 4. The molecule has 0 aromatic carbocycles. The van der Waals surface area contributed by atoms with Crippen molar-refractivity contribution in [1.82, 2.24) is 9.97 Å². The highest BCUT2D eigenvalue weighted by Crippen LogP contribution is 2.26. The molecule has 1 aromatic rings. The molecule has 5 heteroatoms. The van der Waals surface area contributed by atoms with Gasteiger partial charge in [0.1, 0.15) is 17.5 Å². The Morgan fingerprint density at radius 2 is 1.74 bits per heavy atom. The Kier molecular flexibility index (Phi) is 4.72. The predicted octanol–water partition coefficient (Wildman–Crippen LogP) is 3.22. The molecule has 0 bridgehead atoms. The quantitative estimate of drug-likeness (QED) is 0.887. The van der Waals surface area contributed by atoms with Crippen molar-refractivity contribution < 1.29 is 0 Å². The highest BCUT2D eigenvalue weighted by atomic mass is 32.2. The van der Waals surface area contributed by atoms with Gasteiger partial charge in [0.15, 0.2) is 0 Å². The van der Waals surface area contributed by atoms with Crippen LogP contribution in [0.4, 0.5) is 11.6 Å². The van der Waals surface area contributed by atoms with Gasteiger partial charge < -0.3 is 11.1 Å². The van der Waals surface area contributed by atoms with Crippen LogP contribution in [0.25, 0.3) is 0 Å². The summed E-state index contributed by atoms with van der Waals surface area (Å²) in [6.45, 7) is 13.5. The van der Waals surface area contributed by atoms with E-state index in [1.807, 2.05) is 18.7 Å². The molecule has 4 nitrogen and oxygen atoms in total. The minimum atomic E-state index is -0.104. The van der Waals surface area contributed by atoms with E-state index in [-0.39, 0.29) is 10.2 Å². The van der Waals surface area contributed by atoms with Crippen molar-refractivity contribution in [3.05, 3.63) is 11.4 Å². The van der Waals surface area contributed by atoms with Crippen LogP contribution in [-0.4, -0.2) is 27.5 Å². The molecule has 0 radical (unpaired) electrons. The van der Waals surface area contributed by atoms with Gasteiger partial charge in [0, 0.05) is 22.3 Å². The zero-order valence-corrected chi connectivity index (χ0v) is 13.9. The minimum Gasteiger partial charge on any atom is -0.383 e. The fraction of sp³-hybridized carbons (Fsp3) is 0.714. The third kappa shape index (κ3) is 4.27. The van der Waals surface area contributed by atoms with E-state index >= 15 is 0 Å². The summed E-state index contributed by atoms with van der Waals surface area (Å²) in [6.07, 6.45) is 2.11. The first-order valence-corrected chi connectivity index (χ1v) is 7.73. The van der Waals surface area contributed by atoms with E-state index in [9.17, 15) is 0 Å². The van der Waals surface area contributed by atoms with E-state index in [0.717, 1.165) is 23.8 Å². The Morgan fingerprint density at radius 3 is 2.21 bits per heavy atom. The van der Waals surface area contributed by atoms with Crippen LogP contribution in [0.15, 0.2) is 0 Å². The van der Waals surface area contributed by atoms with Crippen LogP contribution >= 0.6 is 11.8 Å². The Balaban J connectivity index is 3.04. The van der Waals surface area contributed by atoms with Gasteiger partial charge in [-0.05, 0) is 27.0 Å². The van der Waals surface area contributed by atoms with Crippen molar-refractivity contribution in [2.45, 2.75) is 51.7 Å². The molecule has 1 heterocycles. The molecule has 19 heavy (non-hydrogen) atoms.